The number of carbonyl (C=O) groups excluding carboxylic acids is 1. The Labute approximate surface area is 142 Å². The molecule has 5 heteroatoms. The summed E-state index contributed by atoms with van der Waals surface area (Å²) in [5.74, 6) is 1.77. The molecular formula is C18H24N2O2S. The fourth-order valence-electron chi connectivity index (χ4n) is 3.73. The summed E-state index contributed by atoms with van der Waals surface area (Å²) in [5.41, 5.74) is 2.04. The van der Waals surface area contributed by atoms with E-state index in [1.54, 1.807) is 0 Å². The van der Waals surface area contributed by atoms with E-state index < -0.39 is 0 Å². The van der Waals surface area contributed by atoms with Gasteiger partial charge in [0.1, 0.15) is 0 Å². The lowest BCUT2D eigenvalue weighted by Crippen LogP contribution is -2.62. The number of thioether (sulfide) groups is 1. The Bertz CT molecular complexity index is 596. The smallest absolute Gasteiger partial charge is 0.225 e. The van der Waals surface area contributed by atoms with Crippen molar-refractivity contribution < 1.29 is 9.53 Å². The Morgan fingerprint density at radius 1 is 1.43 bits per heavy atom. The van der Waals surface area contributed by atoms with Gasteiger partial charge in [0, 0.05) is 30.5 Å². The van der Waals surface area contributed by atoms with Crippen molar-refractivity contribution in [3.8, 4) is 0 Å². The van der Waals surface area contributed by atoms with Crippen molar-refractivity contribution in [2.24, 2.45) is 5.92 Å². The van der Waals surface area contributed by atoms with Crippen molar-refractivity contribution >= 4 is 17.7 Å². The average Bonchev–Trinajstić information content (AvgIpc) is 2.86. The summed E-state index contributed by atoms with van der Waals surface area (Å²) in [4.78, 5) is 18.8. The molecule has 1 saturated carbocycles. The highest BCUT2D eigenvalue weighted by molar-refractivity contribution is 8.01. The number of carbonyl (C=O) groups is 1. The molecule has 0 bridgehead atoms. The third-order valence-electron chi connectivity index (χ3n) is 5.31. The Kier molecular flexibility index (Phi) is 4.10. The minimum absolute atomic E-state index is 0.268. The van der Waals surface area contributed by atoms with Gasteiger partial charge in [-0.3, -0.25) is 9.78 Å². The first-order valence-corrected chi connectivity index (χ1v) is 9.59. The first-order valence-electron chi connectivity index (χ1n) is 8.60. The standard InChI is InChI=1S/C18H24N2O2S/c1-13-4-2-7-15(19-13)9-22-16-8-18(23-10-16)11-20(12-18)17(21)14-5-3-6-14/h2,4,7,14,16H,3,5-6,8-12H2,1H3. The summed E-state index contributed by atoms with van der Waals surface area (Å²) in [6.45, 7) is 4.45. The number of ether oxygens (including phenoxy) is 1. The van der Waals surface area contributed by atoms with E-state index in [9.17, 15) is 4.79 Å². The highest BCUT2D eigenvalue weighted by atomic mass is 32.2. The van der Waals surface area contributed by atoms with Gasteiger partial charge in [0.25, 0.3) is 0 Å². The van der Waals surface area contributed by atoms with Crippen molar-refractivity contribution in [3.05, 3.63) is 29.6 Å². The van der Waals surface area contributed by atoms with Crippen LogP contribution in [0.3, 0.4) is 0 Å². The Morgan fingerprint density at radius 3 is 2.96 bits per heavy atom. The molecule has 4 rings (SSSR count). The molecule has 0 N–H and O–H groups in total. The van der Waals surface area contributed by atoms with Crippen LogP contribution in [0.15, 0.2) is 18.2 Å². The third kappa shape index (κ3) is 3.13. The van der Waals surface area contributed by atoms with Crippen molar-refractivity contribution in [2.45, 2.75) is 50.1 Å². The van der Waals surface area contributed by atoms with Crippen LogP contribution in [0, 0.1) is 12.8 Å². The molecule has 1 spiro atoms. The Morgan fingerprint density at radius 2 is 2.26 bits per heavy atom. The number of aryl methyl sites for hydroxylation is 1. The van der Waals surface area contributed by atoms with Crippen LogP contribution in [0.1, 0.15) is 37.1 Å². The predicted molar refractivity (Wildman–Crippen MR) is 91.3 cm³/mol. The van der Waals surface area contributed by atoms with Crippen LogP contribution < -0.4 is 0 Å². The van der Waals surface area contributed by atoms with Crippen LogP contribution >= 0.6 is 11.8 Å². The Balaban J connectivity index is 1.25. The number of nitrogens with zero attached hydrogens (tertiary/aromatic N) is 2. The highest BCUT2D eigenvalue weighted by Gasteiger charge is 2.51. The number of rotatable bonds is 4. The van der Waals surface area contributed by atoms with Gasteiger partial charge in [-0.1, -0.05) is 12.5 Å². The molecule has 1 aromatic heterocycles. The second-order valence-corrected chi connectivity index (χ2v) is 8.71. The zero-order valence-electron chi connectivity index (χ0n) is 13.7. The first-order chi connectivity index (χ1) is 11.1. The van der Waals surface area contributed by atoms with Crippen LogP contribution in [-0.4, -0.2) is 45.5 Å². The number of aromatic nitrogens is 1. The first kappa shape index (κ1) is 15.5. The minimum atomic E-state index is 0.268. The zero-order valence-corrected chi connectivity index (χ0v) is 14.5. The molecule has 1 aliphatic carbocycles. The molecule has 0 aromatic carbocycles. The maximum atomic E-state index is 12.2. The topological polar surface area (TPSA) is 42.4 Å². The monoisotopic (exact) mass is 332 g/mol. The normalized spacial score (nSPS) is 26.1. The molecule has 0 radical (unpaired) electrons. The lowest BCUT2D eigenvalue weighted by atomic mass is 9.82. The van der Waals surface area contributed by atoms with Crippen LogP contribution in [0.2, 0.25) is 0 Å². The lowest BCUT2D eigenvalue weighted by Gasteiger charge is -2.49. The number of hydrogen-bond donors (Lipinski definition) is 0. The van der Waals surface area contributed by atoms with E-state index >= 15 is 0 Å². The van der Waals surface area contributed by atoms with E-state index in [0.717, 1.165) is 49.5 Å². The summed E-state index contributed by atoms with van der Waals surface area (Å²) in [7, 11) is 0. The van der Waals surface area contributed by atoms with Crippen molar-refractivity contribution in [1.29, 1.82) is 0 Å². The van der Waals surface area contributed by atoms with Crippen molar-refractivity contribution in [2.75, 3.05) is 18.8 Å². The SMILES string of the molecule is Cc1cccc(COC2CSC3(C2)CN(C(=O)C2CCC2)C3)n1. The quantitative estimate of drug-likeness (QED) is 0.850. The molecule has 1 unspecified atom stereocenters. The minimum Gasteiger partial charge on any atom is -0.371 e. The van der Waals surface area contributed by atoms with Crippen LogP contribution in [0.4, 0.5) is 0 Å². The van der Waals surface area contributed by atoms with Crippen LogP contribution in [-0.2, 0) is 16.1 Å². The van der Waals surface area contributed by atoms with Gasteiger partial charge in [-0.05, 0) is 38.3 Å². The molecular weight excluding hydrogens is 308 g/mol. The van der Waals surface area contributed by atoms with Gasteiger partial charge in [0.05, 0.1) is 23.2 Å². The van der Waals surface area contributed by atoms with Gasteiger partial charge in [0.15, 0.2) is 0 Å². The van der Waals surface area contributed by atoms with E-state index in [4.69, 9.17) is 4.74 Å². The molecule has 1 amide bonds. The maximum Gasteiger partial charge on any atom is 0.225 e. The molecule has 23 heavy (non-hydrogen) atoms. The molecule has 2 aliphatic heterocycles. The van der Waals surface area contributed by atoms with Gasteiger partial charge >= 0.3 is 0 Å². The molecule has 124 valence electrons. The van der Waals surface area contributed by atoms with E-state index in [1.807, 2.05) is 36.9 Å². The average molecular weight is 332 g/mol. The molecule has 3 heterocycles. The molecule has 1 atom stereocenters. The lowest BCUT2D eigenvalue weighted by molar-refractivity contribution is -0.144. The summed E-state index contributed by atoms with van der Waals surface area (Å²) >= 11 is 2.00. The second-order valence-electron chi connectivity index (χ2n) is 7.22. The Hall–Kier alpha value is -1.07. The summed E-state index contributed by atoms with van der Waals surface area (Å²) in [6, 6.07) is 6.06. The van der Waals surface area contributed by atoms with Gasteiger partial charge in [-0.15, -0.1) is 11.8 Å². The third-order valence-corrected chi connectivity index (χ3v) is 6.89. The number of pyridine rings is 1. The predicted octanol–water partition coefficient (Wildman–Crippen LogP) is 2.79. The van der Waals surface area contributed by atoms with Gasteiger partial charge in [0.2, 0.25) is 5.91 Å². The fraction of sp³-hybridized carbons (Fsp3) is 0.667. The molecule has 3 aliphatic rings. The molecule has 2 saturated heterocycles. The maximum absolute atomic E-state index is 12.2. The summed E-state index contributed by atoms with van der Waals surface area (Å²) < 4.78 is 6.33. The summed E-state index contributed by atoms with van der Waals surface area (Å²) in [5, 5.41) is 0. The summed E-state index contributed by atoms with van der Waals surface area (Å²) in [6.07, 6.45) is 4.80. The number of amides is 1. The van der Waals surface area contributed by atoms with E-state index in [0.29, 0.717) is 24.5 Å². The zero-order chi connectivity index (χ0) is 15.9. The molecule has 3 fully saturated rings. The second kappa shape index (κ2) is 6.10. The fourth-order valence-corrected chi connectivity index (χ4v) is 5.28. The highest BCUT2D eigenvalue weighted by Crippen LogP contribution is 2.47. The van der Waals surface area contributed by atoms with Gasteiger partial charge < -0.3 is 9.64 Å². The van der Waals surface area contributed by atoms with E-state index in [2.05, 4.69) is 9.88 Å². The number of hydrogen-bond acceptors (Lipinski definition) is 4. The van der Waals surface area contributed by atoms with Crippen molar-refractivity contribution in [3.63, 3.8) is 0 Å². The van der Waals surface area contributed by atoms with Crippen molar-refractivity contribution in [1.82, 2.24) is 9.88 Å². The molecule has 1 aromatic rings. The van der Waals surface area contributed by atoms with Gasteiger partial charge in [-0.25, -0.2) is 0 Å². The van der Waals surface area contributed by atoms with Crippen LogP contribution in [0.5, 0.6) is 0 Å². The largest absolute Gasteiger partial charge is 0.371 e. The van der Waals surface area contributed by atoms with Crippen LogP contribution in [0.25, 0.3) is 0 Å². The number of likely N-dealkylation sites (tertiary alicyclic amines) is 1. The van der Waals surface area contributed by atoms with E-state index in [-0.39, 0.29) is 4.75 Å². The molecule has 4 nitrogen and oxygen atoms in total. The van der Waals surface area contributed by atoms with E-state index in [1.165, 1.54) is 6.42 Å². The van der Waals surface area contributed by atoms with Gasteiger partial charge in [-0.2, -0.15) is 0 Å².